The molecule has 0 aliphatic carbocycles. The van der Waals surface area contributed by atoms with E-state index < -0.39 is 0 Å². The second-order valence-electron chi connectivity index (χ2n) is 4.74. The number of halogens is 1. The molecule has 0 amide bonds. The summed E-state index contributed by atoms with van der Waals surface area (Å²) in [6.45, 7) is 8.43. The molecule has 2 heteroatoms. The number of rotatable bonds is 5. The Hall–Kier alpha value is -0.530. The first-order chi connectivity index (χ1) is 7.49. The predicted molar refractivity (Wildman–Crippen MR) is 72.2 cm³/mol. The first kappa shape index (κ1) is 13.5. The van der Waals surface area contributed by atoms with Gasteiger partial charge in [-0.05, 0) is 51.9 Å². The third-order valence-electron chi connectivity index (χ3n) is 2.85. The van der Waals surface area contributed by atoms with E-state index in [0.717, 1.165) is 19.5 Å². The highest BCUT2D eigenvalue weighted by molar-refractivity contribution is 6.20. The van der Waals surface area contributed by atoms with Crippen molar-refractivity contribution in [1.29, 1.82) is 0 Å². The van der Waals surface area contributed by atoms with Gasteiger partial charge in [-0.25, -0.2) is 0 Å². The monoisotopic (exact) mass is 239 g/mol. The Balaban J connectivity index is 2.55. The molecular formula is C14H22ClN. The molecule has 0 aromatic heterocycles. The van der Waals surface area contributed by atoms with Crippen LogP contribution in [-0.4, -0.2) is 23.9 Å². The van der Waals surface area contributed by atoms with Gasteiger partial charge in [0.2, 0.25) is 0 Å². The molecule has 1 aromatic rings. The van der Waals surface area contributed by atoms with Gasteiger partial charge in [-0.2, -0.15) is 0 Å². The van der Waals surface area contributed by atoms with Crippen LogP contribution in [0.25, 0.3) is 0 Å². The van der Waals surface area contributed by atoms with E-state index in [1.165, 1.54) is 16.7 Å². The molecule has 1 unspecified atom stereocenters. The lowest BCUT2D eigenvalue weighted by atomic mass is 10.1. The van der Waals surface area contributed by atoms with Gasteiger partial charge in [0.1, 0.15) is 0 Å². The molecule has 1 nitrogen and oxygen atoms in total. The van der Waals surface area contributed by atoms with Crippen molar-refractivity contribution in [2.75, 3.05) is 13.6 Å². The summed E-state index contributed by atoms with van der Waals surface area (Å²) in [7, 11) is 2.15. The number of benzene rings is 1. The average Bonchev–Trinajstić information content (AvgIpc) is 2.20. The van der Waals surface area contributed by atoms with E-state index in [0.29, 0.717) is 0 Å². The van der Waals surface area contributed by atoms with Crippen LogP contribution in [0.5, 0.6) is 0 Å². The van der Waals surface area contributed by atoms with Crippen LogP contribution in [0.15, 0.2) is 18.2 Å². The van der Waals surface area contributed by atoms with Crippen molar-refractivity contribution in [3.8, 4) is 0 Å². The SMILES string of the molecule is Cc1ccc(C)c(CN(C)CCC(C)Cl)c1. The Labute approximate surface area is 104 Å². The minimum atomic E-state index is 0.265. The highest BCUT2D eigenvalue weighted by Crippen LogP contribution is 2.13. The molecule has 0 bridgehead atoms. The summed E-state index contributed by atoms with van der Waals surface area (Å²) in [4.78, 5) is 2.33. The Morgan fingerprint density at radius 3 is 2.62 bits per heavy atom. The van der Waals surface area contributed by atoms with Crippen LogP contribution in [0.1, 0.15) is 30.0 Å². The molecule has 0 aliphatic rings. The van der Waals surface area contributed by atoms with Crippen LogP contribution >= 0.6 is 11.6 Å². The molecule has 1 atom stereocenters. The zero-order valence-corrected chi connectivity index (χ0v) is 11.5. The lowest BCUT2D eigenvalue weighted by molar-refractivity contribution is 0.321. The van der Waals surface area contributed by atoms with Crippen molar-refractivity contribution in [2.45, 2.75) is 39.1 Å². The third-order valence-corrected chi connectivity index (χ3v) is 3.07. The smallest absolute Gasteiger partial charge is 0.0320 e. The lowest BCUT2D eigenvalue weighted by Crippen LogP contribution is -2.21. The van der Waals surface area contributed by atoms with Crippen molar-refractivity contribution in [1.82, 2.24) is 4.90 Å². The van der Waals surface area contributed by atoms with Gasteiger partial charge in [-0.15, -0.1) is 11.6 Å². The molecule has 90 valence electrons. The van der Waals surface area contributed by atoms with E-state index in [-0.39, 0.29) is 5.38 Å². The molecule has 0 heterocycles. The molecule has 1 aromatic carbocycles. The molecule has 0 saturated heterocycles. The first-order valence-corrected chi connectivity index (χ1v) is 6.31. The summed E-state index contributed by atoms with van der Waals surface area (Å²) in [6.07, 6.45) is 1.04. The maximum Gasteiger partial charge on any atom is 0.0320 e. The van der Waals surface area contributed by atoms with Gasteiger partial charge in [0.05, 0.1) is 0 Å². The average molecular weight is 240 g/mol. The maximum atomic E-state index is 5.95. The second kappa shape index (κ2) is 6.27. The second-order valence-corrected chi connectivity index (χ2v) is 5.48. The van der Waals surface area contributed by atoms with Gasteiger partial charge in [-0.3, -0.25) is 0 Å². The van der Waals surface area contributed by atoms with Crippen LogP contribution < -0.4 is 0 Å². The summed E-state index contributed by atoms with van der Waals surface area (Å²) >= 11 is 5.95. The molecule has 0 saturated carbocycles. The van der Waals surface area contributed by atoms with Gasteiger partial charge in [0, 0.05) is 11.9 Å². The minimum Gasteiger partial charge on any atom is -0.302 e. The quantitative estimate of drug-likeness (QED) is 0.708. The van der Waals surface area contributed by atoms with E-state index in [1.807, 2.05) is 6.92 Å². The van der Waals surface area contributed by atoms with Gasteiger partial charge < -0.3 is 4.90 Å². The molecule has 16 heavy (non-hydrogen) atoms. The van der Waals surface area contributed by atoms with E-state index in [4.69, 9.17) is 11.6 Å². The molecule has 0 aliphatic heterocycles. The molecule has 1 rings (SSSR count). The van der Waals surface area contributed by atoms with Gasteiger partial charge in [-0.1, -0.05) is 23.8 Å². The van der Waals surface area contributed by atoms with Crippen LogP contribution in [-0.2, 0) is 6.54 Å². The minimum absolute atomic E-state index is 0.265. The lowest BCUT2D eigenvalue weighted by Gasteiger charge is -2.19. The number of aryl methyl sites for hydroxylation is 2. The molecular weight excluding hydrogens is 218 g/mol. The van der Waals surface area contributed by atoms with Crippen molar-refractivity contribution in [3.63, 3.8) is 0 Å². The summed E-state index contributed by atoms with van der Waals surface area (Å²) in [5.41, 5.74) is 4.13. The maximum absolute atomic E-state index is 5.95. The first-order valence-electron chi connectivity index (χ1n) is 5.88. The zero-order chi connectivity index (χ0) is 12.1. The van der Waals surface area contributed by atoms with Gasteiger partial charge in [0.15, 0.2) is 0 Å². The fourth-order valence-corrected chi connectivity index (χ4v) is 1.84. The van der Waals surface area contributed by atoms with Crippen molar-refractivity contribution in [3.05, 3.63) is 34.9 Å². The van der Waals surface area contributed by atoms with Crippen LogP contribution in [0, 0.1) is 13.8 Å². The summed E-state index contributed by atoms with van der Waals surface area (Å²) < 4.78 is 0. The van der Waals surface area contributed by atoms with Crippen molar-refractivity contribution < 1.29 is 0 Å². The Morgan fingerprint density at radius 1 is 1.31 bits per heavy atom. The van der Waals surface area contributed by atoms with Crippen molar-refractivity contribution >= 4 is 11.6 Å². The summed E-state index contributed by atoms with van der Waals surface area (Å²) in [5, 5.41) is 0.265. The van der Waals surface area contributed by atoms with Crippen LogP contribution in [0.4, 0.5) is 0 Å². The number of alkyl halides is 1. The van der Waals surface area contributed by atoms with E-state index in [1.54, 1.807) is 0 Å². The standard InChI is InChI=1S/C14H22ClN/c1-11-5-6-12(2)14(9-11)10-16(4)8-7-13(3)15/h5-6,9,13H,7-8,10H2,1-4H3. The Morgan fingerprint density at radius 2 is 2.00 bits per heavy atom. The highest BCUT2D eigenvalue weighted by Gasteiger charge is 2.05. The van der Waals surface area contributed by atoms with E-state index >= 15 is 0 Å². The number of nitrogens with zero attached hydrogens (tertiary/aromatic N) is 1. The third kappa shape index (κ3) is 4.54. The predicted octanol–water partition coefficient (Wildman–Crippen LogP) is 3.75. The normalized spacial score (nSPS) is 13.1. The van der Waals surface area contributed by atoms with E-state index in [2.05, 4.69) is 44.0 Å². The Bertz CT molecular complexity index is 334. The molecule has 0 N–H and O–H groups in total. The number of hydrogen-bond acceptors (Lipinski definition) is 1. The Kier molecular flexibility index (Phi) is 5.30. The van der Waals surface area contributed by atoms with Crippen LogP contribution in [0.2, 0.25) is 0 Å². The summed E-state index contributed by atoms with van der Waals surface area (Å²) in [6, 6.07) is 6.64. The van der Waals surface area contributed by atoms with E-state index in [9.17, 15) is 0 Å². The summed E-state index contributed by atoms with van der Waals surface area (Å²) in [5.74, 6) is 0. The number of hydrogen-bond donors (Lipinski definition) is 0. The van der Waals surface area contributed by atoms with Crippen LogP contribution in [0.3, 0.4) is 0 Å². The zero-order valence-electron chi connectivity index (χ0n) is 10.8. The molecule has 0 spiro atoms. The largest absolute Gasteiger partial charge is 0.302 e. The van der Waals surface area contributed by atoms with Gasteiger partial charge >= 0.3 is 0 Å². The molecule has 0 radical (unpaired) electrons. The van der Waals surface area contributed by atoms with Gasteiger partial charge in [0.25, 0.3) is 0 Å². The topological polar surface area (TPSA) is 3.24 Å². The highest BCUT2D eigenvalue weighted by atomic mass is 35.5. The fourth-order valence-electron chi connectivity index (χ4n) is 1.74. The fraction of sp³-hybridized carbons (Fsp3) is 0.571. The van der Waals surface area contributed by atoms with Crippen molar-refractivity contribution in [2.24, 2.45) is 0 Å². The molecule has 0 fully saturated rings.